The second kappa shape index (κ2) is 10.3. The molecule has 0 radical (unpaired) electrons. The number of aromatic nitrogens is 1. The minimum absolute atomic E-state index is 0.0646. The smallest absolute Gasteiger partial charge is 0.209 e. The molecule has 4 nitrogen and oxygen atoms in total. The summed E-state index contributed by atoms with van der Waals surface area (Å²) in [4.78, 5) is 10.5. The Bertz CT molecular complexity index is 2310. The molecule has 2 unspecified atom stereocenters. The number of nitrogens with zero attached hydrogens (tertiary/aromatic N) is 3. The Labute approximate surface area is 280 Å². The van der Waals surface area contributed by atoms with Gasteiger partial charge in [-0.05, 0) is 52.9 Å². The summed E-state index contributed by atoms with van der Waals surface area (Å²) in [6.45, 7) is 6.88. The molecule has 0 fully saturated rings. The third kappa shape index (κ3) is 4.23. The van der Waals surface area contributed by atoms with Gasteiger partial charge in [0, 0.05) is 38.6 Å². The standard InChI is InChI=1S/C42H36N4S/c1-41(2)26-25-35-38(41)31-23-24-33-37(36(31)30-20-12-14-22-34(30)47-35)29-19-11-13-21-32(29)46(33)40-44-42(3,28-17-9-6-10-18-28)43-39(45(40)4)27-15-7-5-8-16-27/h5-26,39,43H,1-4H3. The molecule has 3 aliphatic rings. The Kier molecular flexibility index (Phi) is 6.24. The highest BCUT2D eigenvalue weighted by molar-refractivity contribution is 8.03. The highest BCUT2D eigenvalue weighted by atomic mass is 32.2. The van der Waals surface area contributed by atoms with Crippen molar-refractivity contribution >= 4 is 45.1 Å². The van der Waals surface area contributed by atoms with Crippen molar-refractivity contribution < 1.29 is 0 Å². The number of hydrogen-bond acceptors (Lipinski definition) is 4. The summed E-state index contributed by atoms with van der Waals surface area (Å²) in [5.74, 6) is 0.911. The number of fused-ring (bicyclic) bond motifs is 8. The van der Waals surface area contributed by atoms with E-state index in [1.54, 1.807) is 0 Å². The maximum Gasteiger partial charge on any atom is 0.209 e. The topological polar surface area (TPSA) is 32.6 Å². The molecule has 9 rings (SSSR count). The van der Waals surface area contributed by atoms with Crippen LogP contribution in [0.5, 0.6) is 0 Å². The molecule has 5 aromatic carbocycles. The van der Waals surface area contributed by atoms with Crippen molar-refractivity contribution in [2.24, 2.45) is 10.4 Å². The molecular formula is C42H36N4S. The first-order chi connectivity index (χ1) is 22.8. The summed E-state index contributed by atoms with van der Waals surface area (Å²) in [6, 6.07) is 43.8. The lowest BCUT2D eigenvalue weighted by molar-refractivity contribution is 0.191. The van der Waals surface area contributed by atoms with Crippen LogP contribution in [0.4, 0.5) is 0 Å². The molecule has 0 saturated carbocycles. The van der Waals surface area contributed by atoms with Gasteiger partial charge < -0.3 is 4.90 Å². The van der Waals surface area contributed by atoms with E-state index in [-0.39, 0.29) is 11.6 Å². The van der Waals surface area contributed by atoms with Crippen LogP contribution in [0.25, 0.3) is 38.5 Å². The second-order valence-electron chi connectivity index (χ2n) is 13.5. The van der Waals surface area contributed by atoms with Gasteiger partial charge in [-0.15, -0.1) is 0 Å². The van der Waals surface area contributed by atoms with Gasteiger partial charge in [-0.3, -0.25) is 9.88 Å². The van der Waals surface area contributed by atoms with Crippen LogP contribution in [0.3, 0.4) is 0 Å². The van der Waals surface area contributed by atoms with Crippen molar-refractivity contribution in [3.05, 3.63) is 155 Å². The summed E-state index contributed by atoms with van der Waals surface area (Å²) >= 11 is 1.90. The lowest BCUT2D eigenvalue weighted by Gasteiger charge is -2.44. The van der Waals surface area contributed by atoms with Crippen molar-refractivity contribution in [1.29, 1.82) is 0 Å². The van der Waals surface area contributed by atoms with Crippen LogP contribution in [0.2, 0.25) is 0 Å². The van der Waals surface area contributed by atoms with Gasteiger partial charge in [0.2, 0.25) is 5.96 Å². The van der Waals surface area contributed by atoms with E-state index in [4.69, 9.17) is 4.99 Å². The molecule has 47 heavy (non-hydrogen) atoms. The van der Waals surface area contributed by atoms with Crippen LogP contribution in [0.1, 0.15) is 43.6 Å². The molecule has 6 aromatic rings. The minimum atomic E-state index is -0.657. The molecule has 2 aliphatic heterocycles. The van der Waals surface area contributed by atoms with Gasteiger partial charge in [0.1, 0.15) is 11.8 Å². The normalized spacial score (nSPS) is 21.4. The summed E-state index contributed by atoms with van der Waals surface area (Å²) in [5.41, 5.74) is 9.24. The lowest BCUT2D eigenvalue weighted by Crippen LogP contribution is -2.55. The minimum Gasteiger partial charge on any atom is -0.325 e. The highest BCUT2D eigenvalue weighted by Crippen LogP contribution is 2.56. The van der Waals surface area contributed by atoms with E-state index in [1.807, 2.05) is 11.8 Å². The first-order valence-electron chi connectivity index (χ1n) is 16.3. The number of nitrogens with one attached hydrogen (secondary N) is 1. The number of allylic oxidation sites excluding steroid dienone is 3. The average Bonchev–Trinajstić information content (AvgIpc) is 3.53. The van der Waals surface area contributed by atoms with Crippen molar-refractivity contribution in [2.45, 2.75) is 37.5 Å². The molecule has 3 heterocycles. The zero-order valence-corrected chi connectivity index (χ0v) is 27.8. The maximum absolute atomic E-state index is 5.61. The molecule has 0 amide bonds. The van der Waals surface area contributed by atoms with E-state index >= 15 is 0 Å². The Hall–Kier alpha value is -4.84. The largest absolute Gasteiger partial charge is 0.325 e. The monoisotopic (exact) mass is 628 g/mol. The van der Waals surface area contributed by atoms with Crippen molar-refractivity contribution in [3.63, 3.8) is 0 Å². The van der Waals surface area contributed by atoms with Crippen molar-refractivity contribution in [1.82, 2.24) is 14.8 Å². The second-order valence-corrected chi connectivity index (χ2v) is 14.6. The van der Waals surface area contributed by atoms with Gasteiger partial charge in [-0.1, -0.05) is 141 Å². The van der Waals surface area contributed by atoms with Gasteiger partial charge >= 0.3 is 0 Å². The summed E-state index contributed by atoms with van der Waals surface area (Å²) in [5, 5.41) is 6.42. The molecular weight excluding hydrogens is 593 g/mol. The van der Waals surface area contributed by atoms with Crippen LogP contribution >= 0.6 is 11.8 Å². The molecule has 2 atom stereocenters. The van der Waals surface area contributed by atoms with Crippen LogP contribution in [0.15, 0.2) is 148 Å². The summed E-state index contributed by atoms with van der Waals surface area (Å²) in [7, 11) is 2.16. The lowest BCUT2D eigenvalue weighted by atomic mass is 9.79. The Balaban J connectivity index is 1.38. The van der Waals surface area contributed by atoms with Crippen LogP contribution in [-0.4, -0.2) is 22.5 Å². The predicted molar refractivity (Wildman–Crippen MR) is 197 cm³/mol. The average molecular weight is 629 g/mol. The Morgan fingerprint density at radius 1 is 0.723 bits per heavy atom. The molecule has 5 heteroatoms. The van der Waals surface area contributed by atoms with Crippen LogP contribution in [-0.2, 0) is 5.66 Å². The first-order valence-corrected chi connectivity index (χ1v) is 17.1. The van der Waals surface area contributed by atoms with Crippen molar-refractivity contribution in [3.8, 4) is 11.1 Å². The fraction of sp³-hybridized carbons (Fsp3) is 0.167. The van der Waals surface area contributed by atoms with Crippen LogP contribution in [0, 0.1) is 5.41 Å². The molecule has 0 bridgehead atoms. The molecule has 1 aliphatic carbocycles. The third-order valence-electron chi connectivity index (χ3n) is 10.1. The molecule has 0 saturated heterocycles. The number of aliphatic imine (C=N–C) groups is 1. The number of rotatable bonds is 2. The predicted octanol–water partition coefficient (Wildman–Crippen LogP) is 10.2. The van der Waals surface area contributed by atoms with Gasteiger partial charge in [0.05, 0.1) is 11.0 Å². The van der Waals surface area contributed by atoms with E-state index in [2.05, 4.69) is 176 Å². The Morgan fingerprint density at radius 2 is 1.43 bits per heavy atom. The fourth-order valence-corrected chi connectivity index (χ4v) is 9.10. The van der Waals surface area contributed by atoms with Gasteiger partial charge in [0.15, 0.2) is 0 Å². The van der Waals surface area contributed by atoms with E-state index in [1.165, 1.54) is 48.4 Å². The molecule has 1 aromatic heterocycles. The van der Waals surface area contributed by atoms with E-state index in [9.17, 15) is 0 Å². The van der Waals surface area contributed by atoms with Gasteiger partial charge in [-0.25, -0.2) is 4.99 Å². The van der Waals surface area contributed by atoms with Crippen molar-refractivity contribution in [2.75, 3.05) is 7.05 Å². The zero-order valence-electron chi connectivity index (χ0n) is 27.0. The molecule has 1 N–H and O–H groups in total. The molecule has 0 spiro atoms. The summed E-state index contributed by atoms with van der Waals surface area (Å²) in [6.07, 6.45) is 4.59. The fourth-order valence-electron chi connectivity index (χ4n) is 7.83. The number of para-hydroxylation sites is 1. The number of hydrogen-bond donors (Lipinski definition) is 1. The maximum atomic E-state index is 5.61. The third-order valence-corrected chi connectivity index (χ3v) is 11.3. The van der Waals surface area contributed by atoms with E-state index in [0.717, 1.165) is 22.6 Å². The van der Waals surface area contributed by atoms with E-state index in [0.29, 0.717) is 0 Å². The quantitative estimate of drug-likeness (QED) is 0.207. The number of benzene rings is 5. The van der Waals surface area contributed by atoms with Gasteiger partial charge in [-0.2, -0.15) is 0 Å². The number of thioether (sulfide) groups is 1. The zero-order chi connectivity index (χ0) is 31.9. The first kappa shape index (κ1) is 28.4. The van der Waals surface area contributed by atoms with Gasteiger partial charge in [0.25, 0.3) is 0 Å². The highest BCUT2D eigenvalue weighted by Gasteiger charge is 2.40. The molecule has 230 valence electrons. The van der Waals surface area contributed by atoms with Crippen LogP contribution < -0.4 is 5.32 Å². The Morgan fingerprint density at radius 3 is 2.23 bits per heavy atom. The summed E-state index contributed by atoms with van der Waals surface area (Å²) < 4.78 is 2.40. The SMILES string of the molecule is CN1C(n2c3ccccc3c3c4c(ccc32)C2=C(C=CC2(C)C)Sc2ccccc2-4)=NC(C)(c2ccccc2)NC1c1ccccc1. The van der Waals surface area contributed by atoms with E-state index < -0.39 is 5.66 Å².